The number of hydrogen-bond donors (Lipinski definition) is 1. The number of benzene rings is 1. The summed E-state index contributed by atoms with van der Waals surface area (Å²) in [6.07, 6.45) is 1.79. The summed E-state index contributed by atoms with van der Waals surface area (Å²) in [7, 11) is -0.729. The first-order valence-electron chi connectivity index (χ1n) is 6.46. The van der Waals surface area contributed by atoms with Crippen molar-refractivity contribution in [1.82, 2.24) is 0 Å². The monoisotopic (exact) mass is 269 g/mol. The Morgan fingerprint density at radius 1 is 1.44 bits per heavy atom. The van der Waals surface area contributed by atoms with Crippen LogP contribution in [0.5, 0.6) is 5.75 Å². The highest BCUT2D eigenvalue weighted by molar-refractivity contribution is 7.85. The summed E-state index contributed by atoms with van der Waals surface area (Å²) in [4.78, 5) is 0. The zero-order chi connectivity index (χ0) is 13.4. The molecular weight excluding hydrogens is 246 g/mol. The molecule has 2 atom stereocenters. The van der Waals surface area contributed by atoms with Crippen molar-refractivity contribution in [2.45, 2.75) is 38.5 Å². The van der Waals surface area contributed by atoms with E-state index in [1.54, 1.807) is 0 Å². The van der Waals surface area contributed by atoms with Crippen molar-refractivity contribution in [3.63, 3.8) is 0 Å². The third-order valence-corrected chi connectivity index (χ3v) is 4.84. The largest absolute Gasteiger partial charge is 0.494 e. The van der Waals surface area contributed by atoms with E-state index >= 15 is 0 Å². The summed E-state index contributed by atoms with van der Waals surface area (Å²) in [5.41, 5.74) is 6.63. The van der Waals surface area contributed by atoms with Gasteiger partial charge in [-0.25, -0.2) is 0 Å². The number of ether oxygens (including phenoxy) is 1. The molecule has 0 heterocycles. The van der Waals surface area contributed by atoms with Gasteiger partial charge in [-0.05, 0) is 30.5 Å². The Labute approximate surface area is 112 Å². The van der Waals surface area contributed by atoms with Gasteiger partial charge in [0.05, 0.1) is 6.61 Å². The molecule has 4 heteroatoms. The highest BCUT2D eigenvalue weighted by atomic mass is 32.2. The summed E-state index contributed by atoms with van der Waals surface area (Å²) < 4.78 is 17.3. The topological polar surface area (TPSA) is 52.3 Å². The molecule has 0 aliphatic heterocycles. The summed E-state index contributed by atoms with van der Waals surface area (Å²) in [5, 5.41) is 0.283. The maximum absolute atomic E-state index is 11.7. The first kappa shape index (κ1) is 15.2. The standard InChI is InChI=1S/C14H23NO2S/c1-3-12(2)18(16)9-5-8-17-14-7-4-6-13(10-14)11-15/h4,6-7,10,12H,3,5,8-9,11,15H2,1-2H3. The van der Waals surface area contributed by atoms with Gasteiger partial charge in [0.2, 0.25) is 0 Å². The SMILES string of the molecule is CCC(C)S(=O)CCCOc1cccc(CN)c1. The van der Waals surface area contributed by atoms with Gasteiger partial charge in [-0.3, -0.25) is 4.21 Å². The van der Waals surface area contributed by atoms with Crippen LogP contribution in [-0.2, 0) is 17.3 Å². The molecule has 0 spiro atoms. The summed E-state index contributed by atoms with van der Waals surface area (Å²) in [6.45, 7) is 5.23. The Bertz CT molecular complexity index is 382. The van der Waals surface area contributed by atoms with Crippen molar-refractivity contribution in [3.05, 3.63) is 29.8 Å². The zero-order valence-electron chi connectivity index (χ0n) is 11.2. The summed E-state index contributed by atoms with van der Waals surface area (Å²) >= 11 is 0. The average Bonchev–Trinajstić information content (AvgIpc) is 2.42. The van der Waals surface area contributed by atoms with Crippen molar-refractivity contribution in [1.29, 1.82) is 0 Å². The third-order valence-electron chi connectivity index (χ3n) is 2.92. The lowest BCUT2D eigenvalue weighted by Crippen LogP contribution is -2.14. The smallest absolute Gasteiger partial charge is 0.119 e. The molecule has 18 heavy (non-hydrogen) atoms. The van der Waals surface area contributed by atoms with Crippen LogP contribution in [0.25, 0.3) is 0 Å². The minimum Gasteiger partial charge on any atom is -0.494 e. The molecule has 0 saturated carbocycles. The predicted molar refractivity (Wildman–Crippen MR) is 77.2 cm³/mol. The zero-order valence-corrected chi connectivity index (χ0v) is 12.0. The van der Waals surface area contributed by atoms with Crippen molar-refractivity contribution < 1.29 is 8.95 Å². The fourth-order valence-corrected chi connectivity index (χ4v) is 2.72. The van der Waals surface area contributed by atoms with Crippen molar-refractivity contribution in [2.24, 2.45) is 5.73 Å². The van der Waals surface area contributed by atoms with Crippen LogP contribution in [0.3, 0.4) is 0 Å². The van der Waals surface area contributed by atoms with Crippen LogP contribution in [-0.4, -0.2) is 21.8 Å². The summed E-state index contributed by atoms with van der Waals surface area (Å²) in [6, 6.07) is 7.79. The second-order valence-electron chi connectivity index (χ2n) is 4.36. The van der Waals surface area contributed by atoms with E-state index in [0.29, 0.717) is 18.9 Å². The molecule has 1 aromatic rings. The van der Waals surface area contributed by atoms with E-state index in [1.165, 1.54) is 0 Å². The molecule has 0 aliphatic rings. The minimum absolute atomic E-state index is 0.283. The lowest BCUT2D eigenvalue weighted by Gasteiger charge is -2.10. The quantitative estimate of drug-likeness (QED) is 0.738. The molecule has 0 aliphatic carbocycles. The Balaban J connectivity index is 2.27. The molecule has 0 fully saturated rings. The average molecular weight is 269 g/mol. The van der Waals surface area contributed by atoms with E-state index < -0.39 is 10.8 Å². The molecule has 102 valence electrons. The van der Waals surface area contributed by atoms with Crippen LogP contribution in [0.1, 0.15) is 32.3 Å². The first-order valence-corrected chi connectivity index (χ1v) is 7.84. The van der Waals surface area contributed by atoms with Crippen molar-refractivity contribution >= 4 is 10.8 Å². The van der Waals surface area contributed by atoms with Gasteiger partial charge in [-0.15, -0.1) is 0 Å². The number of hydrogen-bond acceptors (Lipinski definition) is 3. The number of nitrogens with two attached hydrogens (primary N) is 1. The Hall–Kier alpha value is -0.870. The van der Waals surface area contributed by atoms with Crippen molar-refractivity contribution in [2.75, 3.05) is 12.4 Å². The van der Waals surface area contributed by atoms with Gasteiger partial charge in [0, 0.05) is 28.3 Å². The van der Waals surface area contributed by atoms with E-state index in [2.05, 4.69) is 6.92 Å². The molecule has 0 bridgehead atoms. The Morgan fingerprint density at radius 3 is 2.89 bits per heavy atom. The molecule has 1 rings (SSSR count). The van der Waals surface area contributed by atoms with Crippen LogP contribution >= 0.6 is 0 Å². The van der Waals surface area contributed by atoms with E-state index in [9.17, 15) is 4.21 Å². The molecular formula is C14H23NO2S. The molecule has 2 unspecified atom stereocenters. The summed E-state index contributed by atoms with van der Waals surface area (Å²) in [5.74, 6) is 1.55. The van der Waals surface area contributed by atoms with Gasteiger partial charge in [0.1, 0.15) is 5.75 Å². The van der Waals surface area contributed by atoms with E-state index in [4.69, 9.17) is 10.5 Å². The van der Waals surface area contributed by atoms with Gasteiger partial charge in [-0.2, -0.15) is 0 Å². The predicted octanol–water partition coefficient (Wildman–Crippen LogP) is 2.46. The number of rotatable bonds is 8. The fourth-order valence-electron chi connectivity index (χ4n) is 1.54. The second kappa shape index (κ2) is 8.27. The Morgan fingerprint density at radius 2 is 2.22 bits per heavy atom. The molecule has 3 nitrogen and oxygen atoms in total. The maximum atomic E-state index is 11.7. The first-order chi connectivity index (χ1) is 8.67. The van der Waals surface area contributed by atoms with Gasteiger partial charge in [0.15, 0.2) is 0 Å². The molecule has 0 radical (unpaired) electrons. The highest BCUT2D eigenvalue weighted by Gasteiger charge is 2.07. The molecule has 0 aromatic heterocycles. The van der Waals surface area contributed by atoms with Gasteiger partial charge >= 0.3 is 0 Å². The normalized spacial score (nSPS) is 14.2. The maximum Gasteiger partial charge on any atom is 0.119 e. The van der Waals surface area contributed by atoms with E-state index in [0.717, 1.165) is 24.2 Å². The van der Waals surface area contributed by atoms with E-state index in [1.807, 2.05) is 31.2 Å². The fraction of sp³-hybridized carbons (Fsp3) is 0.571. The van der Waals surface area contributed by atoms with Crippen LogP contribution in [0.2, 0.25) is 0 Å². The van der Waals surface area contributed by atoms with Crippen LogP contribution in [0, 0.1) is 0 Å². The highest BCUT2D eigenvalue weighted by Crippen LogP contribution is 2.13. The molecule has 2 N–H and O–H groups in total. The Kier molecular flexibility index (Phi) is 6.98. The molecule has 0 amide bonds. The van der Waals surface area contributed by atoms with Crippen LogP contribution in [0.15, 0.2) is 24.3 Å². The van der Waals surface area contributed by atoms with Gasteiger partial charge in [-0.1, -0.05) is 26.0 Å². The minimum atomic E-state index is -0.729. The van der Waals surface area contributed by atoms with Gasteiger partial charge < -0.3 is 10.5 Å². The lowest BCUT2D eigenvalue weighted by atomic mass is 10.2. The van der Waals surface area contributed by atoms with E-state index in [-0.39, 0.29) is 5.25 Å². The molecule has 1 aromatic carbocycles. The van der Waals surface area contributed by atoms with Crippen LogP contribution in [0.4, 0.5) is 0 Å². The third kappa shape index (κ3) is 5.19. The molecule has 0 saturated heterocycles. The van der Waals surface area contributed by atoms with Crippen LogP contribution < -0.4 is 10.5 Å². The van der Waals surface area contributed by atoms with Gasteiger partial charge in [0.25, 0.3) is 0 Å². The van der Waals surface area contributed by atoms with Crippen molar-refractivity contribution in [3.8, 4) is 5.75 Å². The lowest BCUT2D eigenvalue weighted by molar-refractivity contribution is 0.318. The second-order valence-corrected chi connectivity index (χ2v) is 6.33.